The topological polar surface area (TPSA) is 71.9 Å². The lowest BCUT2D eigenvalue weighted by Gasteiger charge is -2.14. The molecule has 6 heteroatoms. The summed E-state index contributed by atoms with van der Waals surface area (Å²) in [4.78, 5) is 16.3. The number of hydrogen-bond donors (Lipinski definition) is 2. The van der Waals surface area contributed by atoms with Crippen LogP contribution in [0.2, 0.25) is 0 Å². The number of amides is 1. The van der Waals surface area contributed by atoms with E-state index in [-0.39, 0.29) is 11.9 Å². The highest BCUT2D eigenvalue weighted by Crippen LogP contribution is 2.27. The van der Waals surface area contributed by atoms with Gasteiger partial charge in [0.15, 0.2) is 0 Å². The highest BCUT2D eigenvalue weighted by molar-refractivity contribution is 6.01. The van der Waals surface area contributed by atoms with Crippen molar-refractivity contribution in [3.63, 3.8) is 0 Å². The molecule has 0 radical (unpaired) electrons. The van der Waals surface area contributed by atoms with Gasteiger partial charge in [0.25, 0.3) is 5.91 Å². The van der Waals surface area contributed by atoms with Crippen LogP contribution in [0.15, 0.2) is 48.7 Å². The highest BCUT2D eigenvalue weighted by atomic mass is 16.5. The van der Waals surface area contributed by atoms with Crippen molar-refractivity contribution in [1.29, 1.82) is 0 Å². The maximum atomic E-state index is 13.0. The van der Waals surface area contributed by atoms with Crippen molar-refractivity contribution in [2.24, 2.45) is 0 Å². The molecule has 0 spiro atoms. The summed E-state index contributed by atoms with van der Waals surface area (Å²) < 4.78 is 7.23. The van der Waals surface area contributed by atoms with E-state index in [1.54, 1.807) is 7.11 Å². The molecule has 4 aromatic rings. The smallest absolute Gasteiger partial charge is 0.268 e. The van der Waals surface area contributed by atoms with E-state index in [0.29, 0.717) is 5.69 Å². The molecule has 0 saturated heterocycles. The third-order valence-electron chi connectivity index (χ3n) is 5.70. The zero-order valence-corrected chi connectivity index (χ0v) is 17.9. The van der Waals surface area contributed by atoms with Crippen molar-refractivity contribution in [2.45, 2.75) is 33.7 Å². The number of aryl methyl sites for hydroxylation is 2. The third-order valence-corrected chi connectivity index (χ3v) is 5.70. The summed E-state index contributed by atoms with van der Waals surface area (Å²) in [6, 6.07) is 13.7. The fraction of sp³-hybridized carbons (Fsp3) is 0.250. The Bertz CT molecular complexity index is 1240. The molecule has 0 bridgehead atoms. The molecule has 30 heavy (non-hydrogen) atoms. The van der Waals surface area contributed by atoms with Crippen LogP contribution in [0.3, 0.4) is 0 Å². The molecular weight excluding hydrogens is 376 g/mol. The van der Waals surface area contributed by atoms with Crippen molar-refractivity contribution in [2.75, 3.05) is 7.11 Å². The molecule has 0 fully saturated rings. The fourth-order valence-electron chi connectivity index (χ4n) is 3.90. The fourth-order valence-corrected chi connectivity index (χ4v) is 3.90. The Morgan fingerprint density at radius 1 is 1.17 bits per heavy atom. The Labute approximate surface area is 175 Å². The Hall–Kier alpha value is -3.54. The van der Waals surface area contributed by atoms with Gasteiger partial charge in [-0.25, -0.2) is 4.68 Å². The molecule has 6 nitrogen and oxygen atoms in total. The van der Waals surface area contributed by atoms with E-state index >= 15 is 0 Å². The monoisotopic (exact) mass is 402 g/mol. The summed E-state index contributed by atoms with van der Waals surface area (Å²) in [6.45, 7) is 8.01. The molecule has 1 atom stereocenters. The Morgan fingerprint density at radius 2 is 1.93 bits per heavy atom. The van der Waals surface area contributed by atoms with Crippen LogP contribution in [0.5, 0.6) is 5.75 Å². The lowest BCUT2D eigenvalue weighted by molar-refractivity contribution is 0.0935. The number of methoxy groups -OCH3 is 1. The number of nitrogens with zero attached hydrogens (tertiary/aromatic N) is 2. The van der Waals surface area contributed by atoms with Gasteiger partial charge in [-0.3, -0.25) is 4.79 Å². The molecule has 4 rings (SSSR count). The summed E-state index contributed by atoms with van der Waals surface area (Å²) >= 11 is 0. The van der Waals surface area contributed by atoms with Crippen molar-refractivity contribution in [3.05, 3.63) is 76.7 Å². The number of aromatic nitrogens is 3. The predicted molar refractivity (Wildman–Crippen MR) is 119 cm³/mol. The maximum absolute atomic E-state index is 13.0. The average Bonchev–Trinajstić information content (AvgIpc) is 3.28. The largest absolute Gasteiger partial charge is 0.497 e. The molecule has 154 valence electrons. The van der Waals surface area contributed by atoms with E-state index in [1.807, 2.05) is 68.0 Å². The van der Waals surface area contributed by atoms with Crippen molar-refractivity contribution in [1.82, 2.24) is 20.1 Å². The van der Waals surface area contributed by atoms with Gasteiger partial charge in [-0.15, -0.1) is 0 Å². The molecule has 0 aliphatic carbocycles. The number of fused-ring (bicyclic) bond motifs is 1. The number of ether oxygens (including phenoxy) is 1. The van der Waals surface area contributed by atoms with Crippen LogP contribution < -0.4 is 10.1 Å². The summed E-state index contributed by atoms with van der Waals surface area (Å²) in [7, 11) is 1.64. The molecule has 0 aliphatic rings. The Kier molecular flexibility index (Phi) is 5.08. The predicted octanol–water partition coefficient (Wildman–Crippen LogP) is 4.78. The number of nitrogens with one attached hydrogen (secondary N) is 2. The van der Waals surface area contributed by atoms with Crippen LogP contribution in [0, 0.1) is 20.8 Å². The second-order valence-corrected chi connectivity index (χ2v) is 7.62. The minimum atomic E-state index is -0.185. The number of carbonyl (C=O) groups excluding carboxylic acids is 1. The number of carbonyl (C=O) groups is 1. The first-order valence-corrected chi connectivity index (χ1v) is 9.98. The lowest BCUT2D eigenvalue weighted by Crippen LogP contribution is -2.27. The number of benzene rings is 2. The van der Waals surface area contributed by atoms with Crippen LogP contribution in [-0.2, 0) is 0 Å². The SMILES string of the molecule is COc1ccc2[nH]c(C(=O)N[C@@H](C)c3cnn(-c4ccccc4C)c3C)c(C)c2c1. The first-order chi connectivity index (χ1) is 14.4. The molecule has 0 aliphatic heterocycles. The second kappa shape index (κ2) is 7.71. The molecule has 0 saturated carbocycles. The van der Waals surface area contributed by atoms with E-state index in [1.165, 1.54) is 0 Å². The van der Waals surface area contributed by atoms with E-state index < -0.39 is 0 Å². The summed E-state index contributed by atoms with van der Waals surface area (Å²) in [6.07, 6.45) is 1.83. The number of aromatic amines is 1. The van der Waals surface area contributed by atoms with Gasteiger partial charge in [-0.05, 0) is 63.1 Å². The van der Waals surface area contributed by atoms with Gasteiger partial charge in [0, 0.05) is 22.2 Å². The summed E-state index contributed by atoms with van der Waals surface area (Å²) in [5.74, 6) is 0.627. The molecule has 2 aromatic heterocycles. The van der Waals surface area contributed by atoms with Gasteiger partial charge in [-0.2, -0.15) is 5.10 Å². The van der Waals surface area contributed by atoms with Crippen molar-refractivity contribution < 1.29 is 9.53 Å². The minimum absolute atomic E-state index is 0.141. The number of para-hydroxylation sites is 1. The number of H-pyrrole nitrogens is 1. The molecule has 1 amide bonds. The van der Waals surface area contributed by atoms with Crippen molar-refractivity contribution in [3.8, 4) is 11.4 Å². The third kappa shape index (κ3) is 3.34. The molecule has 2 aromatic carbocycles. The van der Waals surface area contributed by atoms with Gasteiger partial charge < -0.3 is 15.0 Å². The van der Waals surface area contributed by atoms with Crippen LogP contribution in [0.4, 0.5) is 0 Å². The Morgan fingerprint density at radius 3 is 2.67 bits per heavy atom. The number of hydrogen-bond acceptors (Lipinski definition) is 3. The normalized spacial score (nSPS) is 12.2. The van der Waals surface area contributed by atoms with E-state index in [0.717, 1.165) is 44.7 Å². The minimum Gasteiger partial charge on any atom is -0.497 e. The first-order valence-electron chi connectivity index (χ1n) is 9.98. The van der Waals surface area contributed by atoms with Crippen LogP contribution >= 0.6 is 0 Å². The number of rotatable bonds is 5. The maximum Gasteiger partial charge on any atom is 0.268 e. The van der Waals surface area contributed by atoms with Gasteiger partial charge in [-0.1, -0.05) is 18.2 Å². The van der Waals surface area contributed by atoms with Crippen molar-refractivity contribution >= 4 is 16.8 Å². The zero-order chi connectivity index (χ0) is 21.4. The molecular formula is C24H26N4O2. The van der Waals surface area contributed by atoms with Gasteiger partial charge >= 0.3 is 0 Å². The molecule has 2 N–H and O–H groups in total. The summed E-state index contributed by atoms with van der Waals surface area (Å²) in [5, 5.41) is 8.65. The summed E-state index contributed by atoms with van der Waals surface area (Å²) in [5.41, 5.74) is 6.57. The van der Waals surface area contributed by atoms with Gasteiger partial charge in [0.2, 0.25) is 0 Å². The zero-order valence-electron chi connectivity index (χ0n) is 17.9. The lowest BCUT2D eigenvalue weighted by atomic mass is 10.1. The van der Waals surface area contributed by atoms with Crippen LogP contribution in [-0.4, -0.2) is 27.8 Å². The molecule has 2 heterocycles. The van der Waals surface area contributed by atoms with Crippen LogP contribution in [0.1, 0.15) is 45.8 Å². The van der Waals surface area contributed by atoms with Gasteiger partial charge in [0.1, 0.15) is 11.4 Å². The van der Waals surface area contributed by atoms with Crippen LogP contribution in [0.25, 0.3) is 16.6 Å². The average molecular weight is 402 g/mol. The quantitative estimate of drug-likeness (QED) is 0.505. The van der Waals surface area contributed by atoms with E-state index in [2.05, 4.69) is 28.4 Å². The second-order valence-electron chi connectivity index (χ2n) is 7.62. The highest BCUT2D eigenvalue weighted by Gasteiger charge is 2.20. The Balaban J connectivity index is 1.60. The standard InChI is InChI=1S/C24H26N4O2/c1-14-8-6-7-9-22(14)28-17(4)20(13-25-28)16(3)26-24(29)23-15(2)19-12-18(30-5)10-11-21(19)27-23/h6-13,16,27H,1-5H3,(H,26,29)/t16-/m0/s1. The van der Waals surface area contributed by atoms with Gasteiger partial charge in [0.05, 0.1) is 25.0 Å². The molecule has 0 unspecified atom stereocenters. The van der Waals surface area contributed by atoms with E-state index in [9.17, 15) is 4.79 Å². The van der Waals surface area contributed by atoms with E-state index in [4.69, 9.17) is 4.74 Å². The first kappa shape index (κ1) is 19.8.